The van der Waals surface area contributed by atoms with Crippen molar-refractivity contribution in [3.63, 3.8) is 0 Å². The molecule has 0 spiro atoms. The second kappa shape index (κ2) is 7.40. The van der Waals surface area contributed by atoms with Crippen molar-refractivity contribution in [2.24, 2.45) is 0 Å². The lowest BCUT2D eigenvalue weighted by atomic mass is 10.3. The Balaban J connectivity index is 1.66. The number of hydrogen-bond acceptors (Lipinski definition) is 4. The minimum absolute atomic E-state index is 0.00467. The summed E-state index contributed by atoms with van der Waals surface area (Å²) in [6.07, 6.45) is 3.66. The molecule has 0 unspecified atom stereocenters. The zero-order valence-corrected chi connectivity index (χ0v) is 11.7. The van der Waals surface area contributed by atoms with Gasteiger partial charge in [-0.05, 0) is 29.1 Å². The molecule has 104 valence electrons. The van der Waals surface area contributed by atoms with E-state index in [9.17, 15) is 9.59 Å². The molecule has 0 bridgehead atoms. The lowest BCUT2D eigenvalue weighted by Gasteiger charge is -2.06. The van der Waals surface area contributed by atoms with Crippen LogP contribution in [0.2, 0.25) is 0 Å². The van der Waals surface area contributed by atoms with Gasteiger partial charge in [0.25, 0.3) is 0 Å². The van der Waals surface area contributed by atoms with Crippen LogP contribution in [0.3, 0.4) is 0 Å². The molecule has 0 aliphatic heterocycles. The maximum Gasteiger partial charge on any atom is 0.239 e. The smallest absolute Gasteiger partial charge is 0.239 e. The third kappa shape index (κ3) is 4.81. The SMILES string of the molecule is O=C(CNC(=O)Cc1cccs1)NCc1ccncc1. The highest BCUT2D eigenvalue weighted by Crippen LogP contribution is 2.08. The predicted octanol–water partition coefficient (Wildman–Crippen LogP) is 1.12. The molecule has 2 amide bonds. The fourth-order valence-electron chi connectivity index (χ4n) is 1.58. The summed E-state index contributed by atoms with van der Waals surface area (Å²) in [6, 6.07) is 7.45. The van der Waals surface area contributed by atoms with Gasteiger partial charge in [-0.2, -0.15) is 0 Å². The van der Waals surface area contributed by atoms with Crippen molar-refractivity contribution in [2.45, 2.75) is 13.0 Å². The van der Waals surface area contributed by atoms with Gasteiger partial charge in [0.1, 0.15) is 0 Å². The molecule has 0 saturated carbocycles. The third-order valence-electron chi connectivity index (χ3n) is 2.60. The zero-order valence-electron chi connectivity index (χ0n) is 10.8. The molecule has 2 N–H and O–H groups in total. The Morgan fingerprint density at radius 2 is 1.90 bits per heavy atom. The summed E-state index contributed by atoms with van der Waals surface area (Å²) in [5.41, 5.74) is 0.971. The molecule has 2 rings (SSSR count). The van der Waals surface area contributed by atoms with Crippen LogP contribution in [0.25, 0.3) is 0 Å². The lowest BCUT2D eigenvalue weighted by molar-refractivity contribution is -0.125. The molecule has 0 saturated heterocycles. The van der Waals surface area contributed by atoms with Gasteiger partial charge in [-0.15, -0.1) is 11.3 Å². The number of nitrogens with zero attached hydrogens (tertiary/aromatic N) is 1. The maximum atomic E-state index is 11.6. The summed E-state index contributed by atoms with van der Waals surface area (Å²) >= 11 is 1.53. The Morgan fingerprint density at radius 1 is 1.10 bits per heavy atom. The second-order valence-electron chi connectivity index (χ2n) is 4.17. The number of rotatable bonds is 6. The van der Waals surface area contributed by atoms with Crippen LogP contribution >= 0.6 is 11.3 Å². The topological polar surface area (TPSA) is 71.1 Å². The van der Waals surface area contributed by atoms with E-state index in [1.165, 1.54) is 11.3 Å². The van der Waals surface area contributed by atoms with Gasteiger partial charge in [-0.25, -0.2) is 0 Å². The first-order chi connectivity index (χ1) is 9.74. The number of carbonyl (C=O) groups is 2. The summed E-state index contributed by atoms with van der Waals surface area (Å²) in [7, 11) is 0. The molecule has 0 aliphatic rings. The van der Waals surface area contributed by atoms with Gasteiger partial charge >= 0.3 is 0 Å². The van der Waals surface area contributed by atoms with Gasteiger partial charge in [-0.1, -0.05) is 6.07 Å². The van der Waals surface area contributed by atoms with Gasteiger partial charge in [0.2, 0.25) is 11.8 Å². The van der Waals surface area contributed by atoms with Crippen molar-refractivity contribution < 1.29 is 9.59 Å². The van der Waals surface area contributed by atoms with Crippen molar-refractivity contribution in [1.82, 2.24) is 15.6 Å². The van der Waals surface area contributed by atoms with E-state index < -0.39 is 0 Å². The zero-order chi connectivity index (χ0) is 14.2. The van der Waals surface area contributed by atoms with Gasteiger partial charge in [0.05, 0.1) is 13.0 Å². The Bertz CT molecular complexity index is 555. The molecular weight excluding hydrogens is 274 g/mol. The molecule has 0 aromatic carbocycles. The molecule has 2 heterocycles. The van der Waals surface area contributed by atoms with Crippen LogP contribution in [-0.2, 0) is 22.6 Å². The Kier molecular flexibility index (Phi) is 5.25. The van der Waals surface area contributed by atoms with Crippen molar-refractivity contribution in [3.8, 4) is 0 Å². The first kappa shape index (κ1) is 14.2. The standard InChI is InChI=1S/C14H15N3O2S/c18-13(8-12-2-1-7-20-12)17-10-14(19)16-9-11-3-5-15-6-4-11/h1-7H,8-10H2,(H,16,19)(H,17,18). The van der Waals surface area contributed by atoms with E-state index >= 15 is 0 Å². The fraction of sp³-hybridized carbons (Fsp3) is 0.214. The van der Waals surface area contributed by atoms with E-state index in [0.717, 1.165) is 10.4 Å². The van der Waals surface area contributed by atoms with Crippen molar-refractivity contribution in [2.75, 3.05) is 6.54 Å². The summed E-state index contributed by atoms with van der Waals surface area (Å²) < 4.78 is 0. The normalized spacial score (nSPS) is 10.0. The molecule has 0 radical (unpaired) electrons. The number of thiophene rings is 1. The van der Waals surface area contributed by atoms with Crippen molar-refractivity contribution in [1.29, 1.82) is 0 Å². The number of amides is 2. The van der Waals surface area contributed by atoms with Crippen LogP contribution in [0.5, 0.6) is 0 Å². The lowest BCUT2D eigenvalue weighted by Crippen LogP contribution is -2.37. The predicted molar refractivity (Wildman–Crippen MR) is 77.1 cm³/mol. The summed E-state index contributed by atoms with van der Waals surface area (Å²) in [5, 5.41) is 7.26. The number of nitrogens with one attached hydrogen (secondary N) is 2. The molecule has 20 heavy (non-hydrogen) atoms. The van der Waals surface area contributed by atoms with Gasteiger partial charge in [0, 0.05) is 23.8 Å². The summed E-state index contributed by atoms with van der Waals surface area (Å²) in [5.74, 6) is -0.354. The van der Waals surface area contributed by atoms with E-state index in [4.69, 9.17) is 0 Å². The molecule has 0 aliphatic carbocycles. The highest BCUT2D eigenvalue weighted by atomic mass is 32.1. The minimum atomic E-state index is -0.207. The molecule has 2 aromatic heterocycles. The number of carbonyl (C=O) groups excluding carboxylic acids is 2. The van der Waals surface area contributed by atoms with Gasteiger partial charge < -0.3 is 10.6 Å². The molecule has 0 atom stereocenters. The molecular formula is C14H15N3O2S. The first-order valence-corrected chi connectivity index (χ1v) is 7.06. The molecule has 0 fully saturated rings. The third-order valence-corrected chi connectivity index (χ3v) is 3.48. The van der Waals surface area contributed by atoms with Gasteiger partial charge in [-0.3, -0.25) is 14.6 Å². The number of pyridine rings is 1. The number of hydrogen-bond donors (Lipinski definition) is 2. The highest BCUT2D eigenvalue weighted by molar-refractivity contribution is 7.10. The van der Waals surface area contributed by atoms with Crippen molar-refractivity contribution >= 4 is 23.2 Å². The van der Waals surface area contributed by atoms with E-state index in [-0.39, 0.29) is 18.4 Å². The highest BCUT2D eigenvalue weighted by Gasteiger charge is 2.06. The van der Waals surface area contributed by atoms with Crippen LogP contribution in [0.1, 0.15) is 10.4 Å². The Hall–Kier alpha value is -2.21. The second-order valence-corrected chi connectivity index (χ2v) is 5.20. The van der Waals surface area contributed by atoms with E-state index in [1.807, 2.05) is 29.6 Å². The van der Waals surface area contributed by atoms with Gasteiger partial charge in [0.15, 0.2) is 0 Å². The average molecular weight is 289 g/mol. The molecule has 2 aromatic rings. The van der Waals surface area contributed by atoms with Crippen LogP contribution in [0, 0.1) is 0 Å². The van der Waals surface area contributed by atoms with Crippen LogP contribution in [0.15, 0.2) is 42.0 Å². The average Bonchev–Trinajstić information content (AvgIpc) is 2.97. The van der Waals surface area contributed by atoms with E-state index in [0.29, 0.717) is 13.0 Å². The van der Waals surface area contributed by atoms with Crippen LogP contribution < -0.4 is 10.6 Å². The largest absolute Gasteiger partial charge is 0.350 e. The van der Waals surface area contributed by atoms with E-state index in [2.05, 4.69) is 15.6 Å². The molecule has 6 heteroatoms. The Morgan fingerprint density at radius 3 is 2.60 bits per heavy atom. The molecule has 5 nitrogen and oxygen atoms in total. The fourth-order valence-corrected chi connectivity index (χ4v) is 2.28. The summed E-state index contributed by atoms with van der Waals surface area (Å²) in [4.78, 5) is 28.1. The maximum absolute atomic E-state index is 11.6. The summed E-state index contributed by atoms with van der Waals surface area (Å²) in [6.45, 7) is 0.428. The quantitative estimate of drug-likeness (QED) is 0.837. The van der Waals surface area contributed by atoms with Crippen molar-refractivity contribution in [3.05, 3.63) is 52.5 Å². The van der Waals surface area contributed by atoms with Crippen LogP contribution in [-0.4, -0.2) is 23.3 Å². The van der Waals surface area contributed by atoms with Crippen LogP contribution in [0.4, 0.5) is 0 Å². The Labute approximate surface area is 121 Å². The monoisotopic (exact) mass is 289 g/mol. The minimum Gasteiger partial charge on any atom is -0.350 e. The van der Waals surface area contributed by atoms with E-state index in [1.54, 1.807) is 12.4 Å². The first-order valence-electron chi connectivity index (χ1n) is 6.19. The number of aromatic nitrogens is 1.